The van der Waals surface area contributed by atoms with Crippen LogP contribution in [0.4, 0.5) is 0 Å². The minimum Gasteiger partial charge on any atom is -0.497 e. The molecule has 1 aliphatic carbocycles. The van der Waals surface area contributed by atoms with Gasteiger partial charge in [-0.25, -0.2) is 0 Å². The molecule has 0 saturated heterocycles. The van der Waals surface area contributed by atoms with Crippen molar-refractivity contribution in [3.8, 4) is 5.75 Å². The van der Waals surface area contributed by atoms with Crippen LogP contribution in [0.1, 0.15) is 18.4 Å². The Balaban J connectivity index is 2.22. The van der Waals surface area contributed by atoms with Crippen LogP contribution in [-0.2, 0) is 9.22 Å². The highest BCUT2D eigenvalue weighted by molar-refractivity contribution is 6.69. The average molecular weight is 339 g/mol. The molecule has 0 aliphatic heterocycles. The number of Topliss-reactive ketones (excluding diaryl/α,β-unsaturated/α-hetero) is 1. The van der Waals surface area contributed by atoms with E-state index in [4.69, 9.17) is 20.8 Å². The summed E-state index contributed by atoms with van der Waals surface area (Å²) in [7, 11) is -0.0202. The lowest BCUT2D eigenvalue weighted by atomic mass is 9.89. The van der Waals surface area contributed by atoms with Crippen molar-refractivity contribution in [2.45, 2.75) is 44.0 Å². The molecule has 0 N–H and O–H groups in total. The molecule has 2 rings (SSSR count). The molecule has 0 heterocycles. The number of ether oxygens (including phenoxy) is 1. The molecule has 0 aromatic heterocycles. The summed E-state index contributed by atoms with van der Waals surface area (Å²) in [6, 6.07) is 7.65. The average Bonchev–Trinajstić information content (AvgIpc) is 2.42. The van der Waals surface area contributed by atoms with Gasteiger partial charge in [0.25, 0.3) is 0 Å². The summed E-state index contributed by atoms with van der Waals surface area (Å²) in [6.45, 7) is 6.45. The number of benzene rings is 1. The lowest BCUT2D eigenvalue weighted by molar-refractivity contribution is -0.117. The van der Waals surface area contributed by atoms with E-state index in [2.05, 4.69) is 19.6 Å². The molecule has 5 heteroatoms. The number of carbonyl (C=O) groups excluding carboxylic acids is 1. The van der Waals surface area contributed by atoms with Gasteiger partial charge in [0.15, 0.2) is 14.1 Å². The molecule has 22 heavy (non-hydrogen) atoms. The maximum Gasteiger partial charge on any atom is 0.184 e. The van der Waals surface area contributed by atoms with Crippen LogP contribution < -0.4 is 4.74 Å². The Kier molecular flexibility index (Phi) is 5.48. The highest BCUT2D eigenvalue weighted by Gasteiger charge is 2.33. The summed E-state index contributed by atoms with van der Waals surface area (Å²) in [5, 5.41) is -0.494. The fourth-order valence-corrected chi connectivity index (χ4v) is 4.14. The minimum absolute atomic E-state index is 0.0138. The largest absolute Gasteiger partial charge is 0.497 e. The topological polar surface area (TPSA) is 35.5 Å². The van der Waals surface area contributed by atoms with Crippen molar-refractivity contribution in [1.29, 1.82) is 0 Å². The van der Waals surface area contributed by atoms with Crippen molar-refractivity contribution in [1.82, 2.24) is 0 Å². The van der Waals surface area contributed by atoms with Gasteiger partial charge in [-0.05, 0) is 55.4 Å². The maximum atomic E-state index is 12.3. The van der Waals surface area contributed by atoms with Crippen molar-refractivity contribution in [2.75, 3.05) is 7.11 Å². The standard InChI is InChI=1S/C17H23ClO3Si/c1-20-14-7-5-6-12(9-14)8-13-10-15(21-22(2,3)4)11-16(18)17(13)19/h5-9,15-16H,10-11H2,1-4H3. The van der Waals surface area contributed by atoms with Gasteiger partial charge in [0.1, 0.15) is 5.75 Å². The predicted octanol–water partition coefficient (Wildman–Crippen LogP) is 4.27. The van der Waals surface area contributed by atoms with Gasteiger partial charge < -0.3 is 9.16 Å². The van der Waals surface area contributed by atoms with Crippen molar-refractivity contribution < 1.29 is 14.0 Å². The van der Waals surface area contributed by atoms with Gasteiger partial charge in [-0.1, -0.05) is 12.1 Å². The Labute approximate surface area is 138 Å². The van der Waals surface area contributed by atoms with Gasteiger partial charge in [0, 0.05) is 6.42 Å². The van der Waals surface area contributed by atoms with E-state index < -0.39 is 13.7 Å². The van der Waals surface area contributed by atoms with E-state index in [0.29, 0.717) is 12.8 Å². The molecular weight excluding hydrogens is 316 g/mol. The van der Waals surface area contributed by atoms with Gasteiger partial charge >= 0.3 is 0 Å². The third-order valence-electron chi connectivity index (χ3n) is 3.47. The molecular formula is C17H23ClO3Si. The predicted molar refractivity (Wildman–Crippen MR) is 93.1 cm³/mol. The Morgan fingerprint density at radius 1 is 1.32 bits per heavy atom. The summed E-state index contributed by atoms with van der Waals surface area (Å²) in [6.07, 6.45) is 3.16. The highest BCUT2D eigenvalue weighted by atomic mass is 35.5. The molecule has 0 amide bonds. The number of carbonyl (C=O) groups is 1. The van der Waals surface area contributed by atoms with Crippen LogP contribution in [0.25, 0.3) is 6.08 Å². The van der Waals surface area contributed by atoms with Crippen molar-refractivity contribution >= 4 is 31.8 Å². The molecule has 2 atom stereocenters. The van der Waals surface area contributed by atoms with Crippen molar-refractivity contribution in [2.24, 2.45) is 0 Å². The molecule has 1 aromatic rings. The van der Waals surface area contributed by atoms with E-state index in [1.54, 1.807) is 7.11 Å². The molecule has 3 nitrogen and oxygen atoms in total. The first kappa shape index (κ1) is 17.3. The fraction of sp³-hybridized carbons (Fsp3) is 0.471. The molecule has 1 aromatic carbocycles. The monoisotopic (exact) mass is 338 g/mol. The SMILES string of the molecule is COc1cccc(C=C2CC(O[Si](C)(C)C)CC(Cl)C2=O)c1. The lowest BCUT2D eigenvalue weighted by Gasteiger charge is -2.32. The lowest BCUT2D eigenvalue weighted by Crippen LogP contribution is -2.39. The van der Waals surface area contributed by atoms with E-state index in [9.17, 15) is 4.79 Å². The van der Waals surface area contributed by atoms with E-state index >= 15 is 0 Å². The number of halogens is 1. The smallest absolute Gasteiger partial charge is 0.184 e. The van der Waals surface area contributed by atoms with Gasteiger partial charge in [0.05, 0.1) is 18.6 Å². The summed E-state index contributed by atoms with van der Waals surface area (Å²) in [5.74, 6) is 0.787. The van der Waals surface area contributed by atoms with Crippen LogP contribution in [0.5, 0.6) is 5.75 Å². The summed E-state index contributed by atoms with van der Waals surface area (Å²) in [4.78, 5) is 12.3. The second-order valence-corrected chi connectivity index (χ2v) is 11.6. The van der Waals surface area contributed by atoms with Crippen LogP contribution in [0, 0.1) is 0 Å². The van der Waals surface area contributed by atoms with Gasteiger partial charge in [-0.2, -0.15) is 0 Å². The van der Waals surface area contributed by atoms with E-state index in [-0.39, 0.29) is 11.9 Å². The first-order valence-electron chi connectivity index (χ1n) is 7.49. The second-order valence-electron chi connectivity index (χ2n) is 6.57. The Morgan fingerprint density at radius 2 is 2.05 bits per heavy atom. The molecule has 2 unspecified atom stereocenters. The molecule has 0 radical (unpaired) electrons. The first-order chi connectivity index (χ1) is 10.3. The molecule has 1 fully saturated rings. The number of rotatable bonds is 4. The Hall–Kier alpha value is -1.10. The van der Waals surface area contributed by atoms with Crippen LogP contribution >= 0.6 is 11.6 Å². The molecule has 0 spiro atoms. The Morgan fingerprint density at radius 3 is 2.68 bits per heavy atom. The number of ketones is 1. The van der Waals surface area contributed by atoms with E-state index in [0.717, 1.165) is 16.9 Å². The summed E-state index contributed by atoms with van der Waals surface area (Å²) in [5.41, 5.74) is 1.68. The van der Waals surface area contributed by atoms with Crippen molar-refractivity contribution in [3.63, 3.8) is 0 Å². The van der Waals surface area contributed by atoms with Crippen LogP contribution in [-0.4, -0.2) is 32.7 Å². The third kappa shape index (κ3) is 4.70. The number of methoxy groups -OCH3 is 1. The zero-order valence-corrected chi connectivity index (χ0v) is 15.3. The maximum absolute atomic E-state index is 12.3. The molecule has 120 valence electrons. The van der Waals surface area contributed by atoms with Crippen LogP contribution in [0.15, 0.2) is 29.8 Å². The van der Waals surface area contributed by atoms with Gasteiger partial charge in [0.2, 0.25) is 0 Å². The van der Waals surface area contributed by atoms with E-state index in [1.165, 1.54) is 0 Å². The van der Waals surface area contributed by atoms with Crippen LogP contribution in [0.3, 0.4) is 0 Å². The van der Waals surface area contributed by atoms with Crippen molar-refractivity contribution in [3.05, 3.63) is 35.4 Å². The molecule has 1 aliphatic rings. The highest BCUT2D eigenvalue weighted by Crippen LogP contribution is 2.30. The number of hydrogen-bond donors (Lipinski definition) is 0. The number of hydrogen-bond acceptors (Lipinski definition) is 3. The third-order valence-corrected chi connectivity index (χ3v) is 4.89. The van der Waals surface area contributed by atoms with E-state index in [1.807, 2.05) is 30.3 Å². The number of alkyl halides is 1. The summed E-state index contributed by atoms with van der Waals surface area (Å²) >= 11 is 6.23. The molecule has 1 saturated carbocycles. The Bertz CT molecular complexity index is 578. The zero-order valence-electron chi connectivity index (χ0n) is 13.6. The van der Waals surface area contributed by atoms with Crippen LogP contribution in [0.2, 0.25) is 19.6 Å². The van der Waals surface area contributed by atoms with Gasteiger partial charge in [-0.15, -0.1) is 11.6 Å². The van der Waals surface area contributed by atoms with Gasteiger partial charge in [-0.3, -0.25) is 4.79 Å². The summed E-state index contributed by atoms with van der Waals surface area (Å²) < 4.78 is 11.4. The minimum atomic E-state index is -1.65. The normalized spacial score (nSPS) is 24.6. The zero-order chi connectivity index (χ0) is 16.3. The molecule has 0 bridgehead atoms. The fourth-order valence-electron chi connectivity index (χ4n) is 2.62. The quantitative estimate of drug-likeness (QED) is 0.467. The second kappa shape index (κ2) is 6.98. The first-order valence-corrected chi connectivity index (χ1v) is 11.3.